The fourth-order valence-corrected chi connectivity index (χ4v) is 1.55. The van der Waals surface area contributed by atoms with Gasteiger partial charge in [0.15, 0.2) is 11.5 Å². The Hall–Kier alpha value is -2.01. The minimum atomic E-state index is 0.155. The van der Waals surface area contributed by atoms with Crippen LogP contribution in [0.15, 0.2) is 30.6 Å². The highest BCUT2D eigenvalue weighted by molar-refractivity contribution is 5.41. The number of benzene rings is 1. The van der Waals surface area contributed by atoms with Crippen molar-refractivity contribution in [3.8, 4) is 11.5 Å². The van der Waals surface area contributed by atoms with Crippen LogP contribution in [0.2, 0.25) is 0 Å². The van der Waals surface area contributed by atoms with Gasteiger partial charge in [0, 0.05) is 18.9 Å². The van der Waals surface area contributed by atoms with Crippen molar-refractivity contribution in [3.63, 3.8) is 0 Å². The van der Waals surface area contributed by atoms with Gasteiger partial charge < -0.3 is 20.1 Å². The lowest BCUT2D eigenvalue weighted by Crippen LogP contribution is -2.13. The molecule has 0 aliphatic carbocycles. The van der Waals surface area contributed by atoms with E-state index < -0.39 is 0 Å². The minimum absolute atomic E-state index is 0.155. The summed E-state index contributed by atoms with van der Waals surface area (Å²) in [4.78, 5) is 7.13. The monoisotopic (exact) mass is 233 g/mol. The fourth-order valence-electron chi connectivity index (χ4n) is 1.55. The largest absolute Gasteiger partial charge is 0.504 e. The molecule has 0 unspecified atom stereocenters. The number of nitrogens with zero attached hydrogens (tertiary/aromatic N) is 1. The first-order valence-electron chi connectivity index (χ1n) is 5.34. The molecule has 0 saturated carbocycles. The zero-order chi connectivity index (χ0) is 12.1. The normalized spacial score (nSPS) is 10.4. The highest BCUT2D eigenvalue weighted by Gasteiger charge is 2.02. The molecular weight excluding hydrogens is 218 g/mol. The van der Waals surface area contributed by atoms with Crippen LogP contribution in [0.25, 0.3) is 0 Å². The van der Waals surface area contributed by atoms with Gasteiger partial charge in [-0.1, -0.05) is 6.07 Å². The van der Waals surface area contributed by atoms with Crippen LogP contribution >= 0.6 is 0 Å². The molecule has 0 atom stereocenters. The van der Waals surface area contributed by atoms with E-state index in [1.807, 2.05) is 12.1 Å². The van der Waals surface area contributed by atoms with E-state index in [0.29, 0.717) is 18.8 Å². The van der Waals surface area contributed by atoms with Gasteiger partial charge in [-0.25, -0.2) is 4.98 Å². The van der Waals surface area contributed by atoms with E-state index in [1.54, 1.807) is 18.5 Å². The summed E-state index contributed by atoms with van der Waals surface area (Å²) in [6, 6.07) is 5.29. The second-order valence-corrected chi connectivity index (χ2v) is 3.65. The molecule has 0 saturated heterocycles. The smallest absolute Gasteiger partial charge is 0.160 e. The zero-order valence-electron chi connectivity index (χ0n) is 9.60. The fraction of sp³-hybridized carbons (Fsp3) is 0.250. The number of aromatic hydroxyl groups is 1. The Bertz CT molecular complexity index is 469. The Kier molecular flexibility index (Phi) is 3.62. The maximum Gasteiger partial charge on any atom is 0.160 e. The highest BCUT2D eigenvalue weighted by atomic mass is 16.5. The first-order valence-corrected chi connectivity index (χ1v) is 5.34. The summed E-state index contributed by atoms with van der Waals surface area (Å²) < 4.78 is 5.04. The molecule has 0 aliphatic rings. The van der Waals surface area contributed by atoms with E-state index in [0.717, 1.165) is 11.4 Å². The van der Waals surface area contributed by atoms with Crippen molar-refractivity contribution in [2.45, 2.75) is 13.1 Å². The van der Waals surface area contributed by atoms with Crippen molar-refractivity contribution in [2.24, 2.45) is 0 Å². The molecule has 17 heavy (non-hydrogen) atoms. The first-order chi connectivity index (χ1) is 8.29. The number of aromatic amines is 1. The Morgan fingerprint density at radius 1 is 1.41 bits per heavy atom. The Labute approximate surface area is 99.5 Å². The zero-order valence-corrected chi connectivity index (χ0v) is 9.60. The number of hydrogen-bond donors (Lipinski definition) is 3. The predicted octanol–water partition coefficient (Wildman–Crippen LogP) is 1.41. The Morgan fingerprint density at radius 3 is 3.00 bits per heavy atom. The van der Waals surface area contributed by atoms with Gasteiger partial charge >= 0.3 is 0 Å². The molecular formula is C12H15N3O2. The molecule has 1 aromatic heterocycles. The molecule has 1 aromatic carbocycles. The van der Waals surface area contributed by atoms with E-state index in [1.165, 1.54) is 7.11 Å². The van der Waals surface area contributed by atoms with Gasteiger partial charge in [-0.15, -0.1) is 0 Å². The van der Waals surface area contributed by atoms with E-state index in [-0.39, 0.29) is 5.75 Å². The van der Waals surface area contributed by atoms with Gasteiger partial charge in [0.05, 0.1) is 13.7 Å². The van der Waals surface area contributed by atoms with Gasteiger partial charge in [-0.05, 0) is 17.7 Å². The average molecular weight is 233 g/mol. The van der Waals surface area contributed by atoms with Crippen LogP contribution < -0.4 is 10.1 Å². The number of methoxy groups -OCH3 is 1. The Morgan fingerprint density at radius 2 is 2.29 bits per heavy atom. The van der Waals surface area contributed by atoms with E-state index in [2.05, 4.69) is 15.3 Å². The highest BCUT2D eigenvalue weighted by Crippen LogP contribution is 2.26. The molecule has 0 spiro atoms. The molecule has 3 N–H and O–H groups in total. The standard InChI is InChI=1S/C12H15N3O2/c1-17-11-6-9(2-3-10(11)16)7-13-8-12-14-4-5-15-12/h2-6,13,16H,7-8H2,1H3,(H,14,15). The van der Waals surface area contributed by atoms with Crippen molar-refractivity contribution in [2.75, 3.05) is 7.11 Å². The number of nitrogens with one attached hydrogen (secondary N) is 2. The molecule has 0 fully saturated rings. The molecule has 90 valence electrons. The lowest BCUT2D eigenvalue weighted by Gasteiger charge is -2.07. The molecule has 2 rings (SSSR count). The second kappa shape index (κ2) is 5.36. The van der Waals surface area contributed by atoms with Gasteiger partial charge in [0.1, 0.15) is 5.82 Å². The van der Waals surface area contributed by atoms with Gasteiger partial charge in [-0.3, -0.25) is 0 Å². The summed E-state index contributed by atoms with van der Waals surface area (Å²) in [7, 11) is 1.54. The number of hydrogen-bond acceptors (Lipinski definition) is 4. The summed E-state index contributed by atoms with van der Waals surface area (Å²) in [5, 5.41) is 12.7. The summed E-state index contributed by atoms with van der Waals surface area (Å²) in [6.07, 6.45) is 3.52. The van der Waals surface area contributed by atoms with Crippen LogP contribution in [0.5, 0.6) is 11.5 Å². The second-order valence-electron chi connectivity index (χ2n) is 3.65. The molecule has 0 aliphatic heterocycles. The summed E-state index contributed by atoms with van der Waals surface area (Å²) in [6.45, 7) is 1.37. The van der Waals surface area contributed by atoms with Crippen LogP contribution in [0, 0.1) is 0 Å². The third-order valence-electron chi connectivity index (χ3n) is 2.42. The van der Waals surface area contributed by atoms with Gasteiger partial charge in [-0.2, -0.15) is 0 Å². The van der Waals surface area contributed by atoms with Crippen molar-refractivity contribution >= 4 is 0 Å². The third-order valence-corrected chi connectivity index (χ3v) is 2.42. The molecule has 1 heterocycles. The summed E-state index contributed by atoms with van der Waals surface area (Å²) >= 11 is 0. The molecule has 2 aromatic rings. The summed E-state index contributed by atoms with van der Waals surface area (Å²) in [5.41, 5.74) is 1.05. The molecule has 5 heteroatoms. The third kappa shape index (κ3) is 2.98. The number of ether oxygens (including phenoxy) is 1. The Balaban J connectivity index is 1.90. The van der Waals surface area contributed by atoms with Crippen LogP contribution in [0.3, 0.4) is 0 Å². The molecule has 0 radical (unpaired) electrons. The van der Waals surface area contributed by atoms with Gasteiger partial charge in [0.25, 0.3) is 0 Å². The van der Waals surface area contributed by atoms with Crippen LogP contribution in [-0.4, -0.2) is 22.2 Å². The van der Waals surface area contributed by atoms with E-state index >= 15 is 0 Å². The maximum absolute atomic E-state index is 9.45. The van der Waals surface area contributed by atoms with Crippen LogP contribution in [0.4, 0.5) is 0 Å². The number of H-pyrrole nitrogens is 1. The van der Waals surface area contributed by atoms with Crippen molar-refractivity contribution in [1.29, 1.82) is 0 Å². The first kappa shape index (κ1) is 11.5. The quantitative estimate of drug-likeness (QED) is 0.730. The topological polar surface area (TPSA) is 70.2 Å². The number of rotatable bonds is 5. The number of imidazole rings is 1. The molecule has 5 nitrogen and oxygen atoms in total. The maximum atomic E-state index is 9.45. The SMILES string of the molecule is COc1cc(CNCc2ncc[nH]2)ccc1O. The van der Waals surface area contributed by atoms with E-state index in [4.69, 9.17) is 4.74 Å². The van der Waals surface area contributed by atoms with Crippen molar-refractivity contribution in [1.82, 2.24) is 15.3 Å². The summed E-state index contributed by atoms with van der Waals surface area (Å²) in [5.74, 6) is 1.54. The van der Waals surface area contributed by atoms with Crippen molar-refractivity contribution in [3.05, 3.63) is 42.0 Å². The van der Waals surface area contributed by atoms with Crippen molar-refractivity contribution < 1.29 is 9.84 Å². The predicted molar refractivity (Wildman–Crippen MR) is 63.8 cm³/mol. The lowest BCUT2D eigenvalue weighted by atomic mass is 10.2. The minimum Gasteiger partial charge on any atom is -0.504 e. The van der Waals surface area contributed by atoms with Crippen LogP contribution in [0.1, 0.15) is 11.4 Å². The number of phenols is 1. The average Bonchev–Trinajstić information content (AvgIpc) is 2.84. The molecule has 0 bridgehead atoms. The number of phenolic OH excluding ortho intramolecular Hbond substituents is 1. The van der Waals surface area contributed by atoms with Gasteiger partial charge in [0.2, 0.25) is 0 Å². The van der Waals surface area contributed by atoms with E-state index in [9.17, 15) is 5.11 Å². The molecule has 0 amide bonds. The van der Waals surface area contributed by atoms with Crippen LogP contribution in [-0.2, 0) is 13.1 Å². The lowest BCUT2D eigenvalue weighted by molar-refractivity contribution is 0.372. The number of aromatic nitrogens is 2.